The minimum absolute atomic E-state index is 0.0253. The number of carbonyl (C=O) groups excluding carboxylic acids is 1. The molecule has 9 nitrogen and oxygen atoms in total. The smallest absolute Gasteiger partial charge is 0.349 e. The number of nitrogens with one attached hydrogen (secondary N) is 3. The van der Waals surface area contributed by atoms with Gasteiger partial charge in [-0.1, -0.05) is 24.3 Å². The van der Waals surface area contributed by atoms with E-state index in [1.807, 2.05) is 54.8 Å². The number of piperidine rings is 1. The Hall–Kier alpha value is -3.06. The Balaban J connectivity index is 1.63. The van der Waals surface area contributed by atoms with Gasteiger partial charge in [0.1, 0.15) is 6.04 Å². The maximum atomic E-state index is 13.6. The first kappa shape index (κ1) is 28.9. The summed E-state index contributed by atoms with van der Waals surface area (Å²) in [5, 5.41) is 28.5. The number of thioether (sulfide) groups is 1. The lowest BCUT2D eigenvalue weighted by molar-refractivity contribution is -0.139. The van der Waals surface area contributed by atoms with Gasteiger partial charge in [-0.3, -0.25) is 4.79 Å². The molecule has 2 heterocycles. The maximum absolute atomic E-state index is 13.6. The van der Waals surface area contributed by atoms with E-state index >= 15 is 0 Å². The third-order valence-electron chi connectivity index (χ3n) is 6.29. The predicted octanol–water partition coefficient (Wildman–Crippen LogP) is 5.48. The van der Waals surface area contributed by atoms with Crippen LogP contribution in [0.1, 0.15) is 22.5 Å². The molecule has 0 aliphatic carbocycles. The lowest BCUT2D eigenvalue weighted by Crippen LogP contribution is -2.45. The van der Waals surface area contributed by atoms with Crippen LogP contribution in [0.3, 0.4) is 0 Å². The molecule has 1 unspecified atom stereocenters. The van der Waals surface area contributed by atoms with Crippen LogP contribution in [0.25, 0.3) is 10.4 Å². The van der Waals surface area contributed by atoms with E-state index in [0.717, 1.165) is 47.9 Å². The Labute approximate surface area is 242 Å². The molecule has 2 aromatic carbocycles. The number of carbonyl (C=O) groups is 3. The van der Waals surface area contributed by atoms with E-state index < -0.39 is 24.6 Å². The van der Waals surface area contributed by atoms with Gasteiger partial charge in [0, 0.05) is 10.6 Å². The number of benzene rings is 2. The van der Waals surface area contributed by atoms with Gasteiger partial charge in [0.2, 0.25) is 5.91 Å². The van der Waals surface area contributed by atoms with E-state index in [2.05, 4.69) is 31.9 Å². The predicted molar refractivity (Wildman–Crippen MR) is 157 cm³/mol. The number of anilines is 2. The van der Waals surface area contributed by atoms with Crippen LogP contribution in [-0.2, 0) is 9.59 Å². The van der Waals surface area contributed by atoms with Crippen molar-refractivity contribution in [3.63, 3.8) is 0 Å². The summed E-state index contributed by atoms with van der Waals surface area (Å²) in [6.07, 6.45) is 3.66. The molecule has 5 N–H and O–H groups in total. The molecule has 1 atom stereocenters. The van der Waals surface area contributed by atoms with Crippen molar-refractivity contribution in [2.75, 3.05) is 36.6 Å². The Morgan fingerprint density at radius 3 is 2.59 bits per heavy atom. The van der Waals surface area contributed by atoms with Gasteiger partial charge in [-0.15, -0.1) is 23.1 Å². The third kappa shape index (κ3) is 7.13. The summed E-state index contributed by atoms with van der Waals surface area (Å²) in [6, 6.07) is 14.6. The SMILES string of the molecule is CSc1ccccc1NC(=O)C(Nc1cccc(-c2sc(C(=O)O)c(OCC(=O)O)c2Br)c1)C1CCNCC1. The summed E-state index contributed by atoms with van der Waals surface area (Å²) in [7, 11) is 0. The molecule has 1 fully saturated rings. The molecule has 12 heteroatoms. The fourth-order valence-electron chi connectivity index (χ4n) is 4.45. The number of ether oxygens (including phenoxy) is 1. The van der Waals surface area contributed by atoms with Crippen molar-refractivity contribution in [1.29, 1.82) is 0 Å². The molecule has 0 radical (unpaired) electrons. The third-order valence-corrected chi connectivity index (χ3v) is 9.32. The molecule has 1 aliphatic rings. The Bertz CT molecular complexity index is 1360. The number of halogens is 1. The fourth-order valence-corrected chi connectivity index (χ4v) is 6.89. The highest BCUT2D eigenvalue weighted by Gasteiger charge is 2.30. The first-order chi connectivity index (χ1) is 18.8. The van der Waals surface area contributed by atoms with Crippen LogP contribution in [0.5, 0.6) is 5.75 Å². The molecule has 206 valence electrons. The topological polar surface area (TPSA) is 137 Å². The molecule has 3 aromatic rings. The van der Waals surface area contributed by atoms with Gasteiger partial charge in [0.15, 0.2) is 17.2 Å². The van der Waals surface area contributed by atoms with Gasteiger partial charge in [-0.25, -0.2) is 9.59 Å². The van der Waals surface area contributed by atoms with Gasteiger partial charge < -0.3 is 30.9 Å². The molecule has 39 heavy (non-hydrogen) atoms. The van der Waals surface area contributed by atoms with E-state index in [0.29, 0.717) is 20.6 Å². The van der Waals surface area contributed by atoms with Crippen LogP contribution in [0, 0.1) is 5.92 Å². The number of hydrogen-bond donors (Lipinski definition) is 5. The second-order valence-corrected chi connectivity index (χ2v) is 11.5. The number of thiophene rings is 1. The van der Waals surface area contributed by atoms with Crippen molar-refractivity contribution >= 4 is 68.2 Å². The van der Waals surface area contributed by atoms with Gasteiger partial charge in [0.05, 0.1) is 15.0 Å². The van der Waals surface area contributed by atoms with Crippen molar-refractivity contribution in [3.05, 3.63) is 57.9 Å². The van der Waals surface area contributed by atoms with Gasteiger partial charge in [-0.05, 0) is 83.9 Å². The summed E-state index contributed by atoms with van der Waals surface area (Å²) in [4.78, 5) is 37.9. The second-order valence-electron chi connectivity index (χ2n) is 8.87. The number of amides is 1. The van der Waals surface area contributed by atoms with Crippen LogP contribution in [0.4, 0.5) is 11.4 Å². The van der Waals surface area contributed by atoms with Gasteiger partial charge in [0.25, 0.3) is 0 Å². The summed E-state index contributed by atoms with van der Waals surface area (Å²) in [6.45, 7) is 0.997. The van der Waals surface area contributed by atoms with E-state index in [1.165, 1.54) is 0 Å². The number of carboxylic acid groups (broad SMARTS) is 2. The summed E-state index contributed by atoms with van der Waals surface area (Å²) >= 11 is 5.96. The summed E-state index contributed by atoms with van der Waals surface area (Å²) in [5.41, 5.74) is 2.17. The maximum Gasteiger partial charge on any atom is 0.349 e. The van der Waals surface area contributed by atoms with Crippen LogP contribution in [-0.4, -0.2) is 60.1 Å². The zero-order valence-electron chi connectivity index (χ0n) is 21.0. The van der Waals surface area contributed by atoms with Crippen molar-refractivity contribution < 1.29 is 29.3 Å². The van der Waals surface area contributed by atoms with Crippen LogP contribution in [0.2, 0.25) is 0 Å². The quantitative estimate of drug-likeness (QED) is 0.174. The average Bonchev–Trinajstić information content (AvgIpc) is 3.27. The molecule has 0 spiro atoms. The highest BCUT2D eigenvalue weighted by atomic mass is 79.9. The van der Waals surface area contributed by atoms with E-state index in [4.69, 9.17) is 9.84 Å². The van der Waals surface area contributed by atoms with Crippen molar-refractivity contribution in [2.45, 2.75) is 23.8 Å². The lowest BCUT2D eigenvalue weighted by Gasteiger charge is -2.31. The van der Waals surface area contributed by atoms with E-state index in [-0.39, 0.29) is 22.5 Å². The van der Waals surface area contributed by atoms with E-state index in [1.54, 1.807) is 11.8 Å². The summed E-state index contributed by atoms with van der Waals surface area (Å²) in [5.74, 6) is -2.46. The van der Waals surface area contributed by atoms with Crippen molar-refractivity contribution in [1.82, 2.24) is 5.32 Å². The number of rotatable bonds is 11. The zero-order valence-corrected chi connectivity index (χ0v) is 24.2. The minimum atomic E-state index is -1.21. The molecule has 0 bridgehead atoms. The molecule has 1 saturated heterocycles. The number of para-hydroxylation sites is 1. The Kier molecular flexibility index (Phi) is 9.89. The Morgan fingerprint density at radius 2 is 1.90 bits per heavy atom. The number of aliphatic carboxylic acids is 1. The molecular weight excluding hydrogens is 606 g/mol. The van der Waals surface area contributed by atoms with E-state index in [9.17, 15) is 19.5 Å². The van der Waals surface area contributed by atoms with Crippen molar-refractivity contribution in [2.24, 2.45) is 5.92 Å². The average molecular weight is 635 g/mol. The second kappa shape index (κ2) is 13.3. The summed E-state index contributed by atoms with van der Waals surface area (Å²) < 4.78 is 5.65. The molecule has 0 saturated carbocycles. The number of hydrogen-bond acceptors (Lipinski definition) is 8. The number of aromatic carboxylic acids is 1. The molecule has 4 rings (SSSR count). The van der Waals surface area contributed by atoms with Gasteiger partial charge >= 0.3 is 11.9 Å². The standard InChI is InChI=1S/C27H28BrN3O6S2/c1-38-19-8-3-2-7-18(19)31-26(34)22(15-9-11-29-12-10-15)30-17-6-4-5-16(13-17)24-21(28)23(37-14-20(32)33)25(39-24)27(35)36/h2-8,13,15,22,29-30H,9-12,14H2,1H3,(H,31,34)(H,32,33)(H,35,36). The highest BCUT2D eigenvalue weighted by Crippen LogP contribution is 2.46. The fraction of sp³-hybridized carbons (Fsp3) is 0.296. The monoisotopic (exact) mass is 633 g/mol. The minimum Gasteiger partial charge on any atom is -0.479 e. The molecule has 1 amide bonds. The molecule has 1 aromatic heterocycles. The highest BCUT2D eigenvalue weighted by molar-refractivity contribution is 9.10. The first-order valence-corrected chi connectivity index (χ1v) is 15.0. The lowest BCUT2D eigenvalue weighted by atomic mass is 9.89. The van der Waals surface area contributed by atoms with Crippen LogP contribution >= 0.6 is 39.0 Å². The largest absolute Gasteiger partial charge is 0.479 e. The van der Waals surface area contributed by atoms with Gasteiger partial charge in [-0.2, -0.15) is 0 Å². The van der Waals surface area contributed by atoms with Crippen molar-refractivity contribution in [3.8, 4) is 16.2 Å². The Morgan fingerprint density at radius 1 is 1.15 bits per heavy atom. The normalized spacial score (nSPS) is 14.4. The van der Waals surface area contributed by atoms with Crippen LogP contribution < -0.4 is 20.7 Å². The first-order valence-electron chi connectivity index (χ1n) is 12.2. The molecular formula is C27H28BrN3O6S2. The van der Waals surface area contributed by atoms with Crippen LogP contribution in [0.15, 0.2) is 57.9 Å². The zero-order chi connectivity index (χ0) is 27.9. The molecule has 1 aliphatic heterocycles. The number of carboxylic acids is 2.